The third kappa shape index (κ3) is 4.35. The van der Waals surface area contributed by atoms with Gasteiger partial charge in [-0.25, -0.2) is 0 Å². The summed E-state index contributed by atoms with van der Waals surface area (Å²) in [5.74, 6) is 0.135. The molecular weight excluding hydrogens is 302 g/mol. The first kappa shape index (κ1) is 16.5. The summed E-state index contributed by atoms with van der Waals surface area (Å²) in [7, 11) is 0. The Hall–Kier alpha value is -2.34. The van der Waals surface area contributed by atoms with E-state index >= 15 is 0 Å². The van der Waals surface area contributed by atoms with Gasteiger partial charge in [0.05, 0.1) is 6.54 Å². The van der Waals surface area contributed by atoms with Crippen molar-refractivity contribution in [1.29, 1.82) is 0 Å². The number of anilines is 1. The Bertz CT molecular complexity index is 661. The maximum absolute atomic E-state index is 12.3. The molecule has 0 aliphatic carbocycles. The standard InChI is InChI=1S/C18H25N5O/c19-17-16(14-23(21-17)13-15-7-2-1-3-8-15)18(24)20-9-6-12-22-10-4-5-11-22/h1-3,7-8,14H,4-6,9-13H2,(H2,19,21)(H,20,24). The summed E-state index contributed by atoms with van der Waals surface area (Å²) < 4.78 is 1.71. The lowest BCUT2D eigenvalue weighted by Crippen LogP contribution is -2.28. The zero-order chi connectivity index (χ0) is 16.8. The van der Waals surface area contributed by atoms with E-state index in [2.05, 4.69) is 15.3 Å². The molecule has 2 heterocycles. The van der Waals surface area contributed by atoms with Crippen LogP contribution in [-0.4, -0.2) is 46.8 Å². The molecule has 1 aliphatic heterocycles. The quantitative estimate of drug-likeness (QED) is 0.759. The Kier molecular flexibility index (Phi) is 5.48. The summed E-state index contributed by atoms with van der Waals surface area (Å²) in [4.78, 5) is 14.7. The second kappa shape index (κ2) is 7.97. The van der Waals surface area contributed by atoms with Gasteiger partial charge in [0.15, 0.2) is 5.82 Å². The molecule has 0 bridgehead atoms. The SMILES string of the molecule is Nc1nn(Cc2ccccc2)cc1C(=O)NCCCN1CCCC1. The van der Waals surface area contributed by atoms with Gasteiger partial charge in [0.25, 0.3) is 5.91 Å². The number of carbonyl (C=O) groups is 1. The maximum Gasteiger partial charge on any atom is 0.256 e. The van der Waals surface area contributed by atoms with E-state index in [4.69, 9.17) is 5.73 Å². The first-order valence-electron chi connectivity index (χ1n) is 8.60. The summed E-state index contributed by atoms with van der Waals surface area (Å²) in [5.41, 5.74) is 7.47. The van der Waals surface area contributed by atoms with E-state index in [0.29, 0.717) is 18.7 Å². The molecule has 3 N–H and O–H groups in total. The highest BCUT2D eigenvalue weighted by atomic mass is 16.1. The topological polar surface area (TPSA) is 76.2 Å². The molecule has 3 rings (SSSR count). The van der Waals surface area contributed by atoms with Crippen LogP contribution >= 0.6 is 0 Å². The number of hydrogen-bond acceptors (Lipinski definition) is 4. The predicted octanol–water partition coefficient (Wildman–Crippen LogP) is 1.73. The van der Waals surface area contributed by atoms with Crippen molar-refractivity contribution in [3.05, 3.63) is 47.7 Å². The second-order valence-electron chi connectivity index (χ2n) is 6.27. The molecule has 2 aromatic rings. The van der Waals surface area contributed by atoms with Gasteiger partial charge in [-0.3, -0.25) is 9.48 Å². The number of nitrogens with two attached hydrogens (primary N) is 1. The van der Waals surface area contributed by atoms with Crippen LogP contribution in [0, 0.1) is 0 Å². The number of nitrogens with zero attached hydrogens (tertiary/aromatic N) is 3. The molecule has 1 aromatic carbocycles. The molecule has 1 saturated heterocycles. The van der Waals surface area contributed by atoms with Crippen molar-refractivity contribution in [2.24, 2.45) is 0 Å². The molecule has 0 spiro atoms. The number of carbonyl (C=O) groups excluding carboxylic acids is 1. The number of benzene rings is 1. The van der Waals surface area contributed by atoms with Crippen LogP contribution in [0.1, 0.15) is 35.2 Å². The van der Waals surface area contributed by atoms with Crippen molar-refractivity contribution in [1.82, 2.24) is 20.0 Å². The number of likely N-dealkylation sites (tertiary alicyclic amines) is 1. The smallest absolute Gasteiger partial charge is 0.256 e. The van der Waals surface area contributed by atoms with Crippen molar-refractivity contribution < 1.29 is 4.79 Å². The number of nitrogen functional groups attached to an aromatic ring is 1. The van der Waals surface area contributed by atoms with Gasteiger partial charge < -0.3 is 16.0 Å². The fraction of sp³-hybridized carbons (Fsp3) is 0.444. The lowest BCUT2D eigenvalue weighted by molar-refractivity contribution is 0.0953. The highest BCUT2D eigenvalue weighted by Gasteiger charge is 2.15. The van der Waals surface area contributed by atoms with E-state index < -0.39 is 0 Å². The largest absolute Gasteiger partial charge is 0.382 e. The monoisotopic (exact) mass is 327 g/mol. The molecule has 1 fully saturated rings. The average Bonchev–Trinajstić information content (AvgIpc) is 3.22. The fourth-order valence-corrected chi connectivity index (χ4v) is 3.07. The molecule has 0 radical (unpaired) electrons. The molecular formula is C18H25N5O. The van der Waals surface area contributed by atoms with Crippen LogP contribution in [0.2, 0.25) is 0 Å². The third-order valence-corrected chi connectivity index (χ3v) is 4.36. The molecule has 0 atom stereocenters. The van der Waals surface area contributed by atoms with E-state index in [9.17, 15) is 4.79 Å². The van der Waals surface area contributed by atoms with Crippen LogP contribution in [0.15, 0.2) is 36.5 Å². The first-order valence-corrected chi connectivity index (χ1v) is 8.60. The van der Waals surface area contributed by atoms with E-state index in [1.807, 2.05) is 30.3 Å². The normalized spacial score (nSPS) is 14.8. The van der Waals surface area contributed by atoms with Crippen LogP contribution in [-0.2, 0) is 6.54 Å². The minimum absolute atomic E-state index is 0.145. The highest BCUT2D eigenvalue weighted by Crippen LogP contribution is 2.11. The average molecular weight is 327 g/mol. The van der Waals surface area contributed by atoms with Gasteiger partial charge in [-0.1, -0.05) is 30.3 Å². The molecule has 0 unspecified atom stereocenters. The molecule has 24 heavy (non-hydrogen) atoms. The molecule has 6 nitrogen and oxygen atoms in total. The third-order valence-electron chi connectivity index (χ3n) is 4.36. The van der Waals surface area contributed by atoms with Gasteiger partial charge in [0, 0.05) is 12.7 Å². The van der Waals surface area contributed by atoms with Gasteiger partial charge in [0.1, 0.15) is 5.56 Å². The van der Waals surface area contributed by atoms with Crippen molar-refractivity contribution in [3.63, 3.8) is 0 Å². The number of nitrogens with one attached hydrogen (secondary N) is 1. The first-order chi connectivity index (χ1) is 11.7. The van der Waals surface area contributed by atoms with E-state index in [1.165, 1.54) is 25.9 Å². The number of aromatic nitrogens is 2. The predicted molar refractivity (Wildman–Crippen MR) is 94.8 cm³/mol. The Morgan fingerprint density at radius 3 is 2.71 bits per heavy atom. The Morgan fingerprint density at radius 2 is 1.96 bits per heavy atom. The van der Waals surface area contributed by atoms with Gasteiger partial charge >= 0.3 is 0 Å². The van der Waals surface area contributed by atoms with Crippen LogP contribution in [0.4, 0.5) is 5.82 Å². The zero-order valence-electron chi connectivity index (χ0n) is 13.9. The van der Waals surface area contributed by atoms with Gasteiger partial charge in [-0.2, -0.15) is 5.10 Å². The Labute approximate surface area is 142 Å². The summed E-state index contributed by atoms with van der Waals surface area (Å²) in [6, 6.07) is 9.99. The summed E-state index contributed by atoms with van der Waals surface area (Å²) >= 11 is 0. The van der Waals surface area contributed by atoms with Crippen LogP contribution in [0.5, 0.6) is 0 Å². The van der Waals surface area contributed by atoms with E-state index in [-0.39, 0.29) is 11.7 Å². The molecule has 128 valence electrons. The summed E-state index contributed by atoms with van der Waals surface area (Å²) in [6.45, 7) is 4.69. The van der Waals surface area contributed by atoms with E-state index in [0.717, 1.165) is 18.5 Å². The number of amides is 1. The molecule has 1 aromatic heterocycles. The van der Waals surface area contributed by atoms with Crippen molar-refractivity contribution in [2.75, 3.05) is 31.9 Å². The lowest BCUT2D eigenvalue weighted by Gasteiger charge is -2.14. The maximum atomic E-state index is 12.3. The number of hydrogen-bond donors (Lipinski definition) is 2. The fourth-order valence-electron chi connectivity index (χ4n) is 3.07. The van der Waals surface area contributed by atoms with Crippen LogP contribution < -0.4 is 11.1 Å². The summed E-state index contributed by atoms with van der Waals surface area (Å²) in [6.07, 6.45) is 5.27. The minimum atomic E-state index is -0.145. The Morgan fingerprint density at radius 1 is 1.21 bits per heavy atom. The van der Waals surface area contributed by atoms with Crippen LogP contribution in [0.3, 0.4) is 0 Å². The molecule has 1 aliphatic rings. The molecule has 0 saturated carbocycles. The second-order valence-corrected chi connectivity index (χ2v) is 6.27. The van der Waals surface area contributed by atoms with E-state index in [1.54, 1.807) is 10.9 Å². The van der Waals surface area contributed by atoms with Gasteiger partial charge in [0.2, 0.25) is 0 Å². The number of rotatable bonds is 7. The Balaban J connectivity index is 1.49. The zero-order valence-corrected chi connectivity index (χ0v) is 13.9. The van der Waals surface area contributed by atoms with Crippen LogP contribution in [0.25, 0.3) is 0 Å². The van der Waals surface area contributed by atoms with Crippen molar-refractivity contribution in [2.45, 2.75) is 25.8 Å². The van der Waals surface area contributed by atoms with Gasteiger partial charge in [-0.05, 0) is 44.5 Å². The molecule has 1 amide bonds. The highest BCUT2D eigenvalue weighted by molar-refractivity contribution is 5.98. The summed E-state index contributed by atoms with van der Waals surface area (Å²) in [5, 5.41) is 7.19. The van der Waals surface area contributed by atoms with Crippen molar-refractivity contribution >= 4 is 11.7 Å². The van der Waals surface area contributed by atoms with Gasteiger partial charge in [-0.15, -0.1) is 0 Å². The lowest BCUT2D eigenvalue weighted by atomic mass is 10.2. The minimum Gasteiger partial charge on any atom is -0.382 e. The molecule has 6 heteroatoms. The van der Waals surface area contributed by atoms with Crippen molar-refractivity contribution in [3.8, 4) is 0 Å².